The summed E-state index contributed by atoms with van der Waals surface area (Å²) in [6.07, 6.45) is 1.80. The normalized spacial score (nSPS) is 17.7. The largest absolute Gasteiger partial charge is 0.494 e. The molecular formula is C25H30N6O3S. The lowest BCUT2D eigenvalue weighted by atomic mass is 9.96. The Balaban J connectivity index is 1.83. The summed E-state index contributed by atoms with van der Waals surface area (Å²) in [6, 6.07) is 12.6. The molecule has 0 bridgehead atoms. The number of non-ortho nitro benzene ring substituents is 1. The third-order valence-electron chi connectivity index (χ3n) is 6.39. The highest BCUT2D eigenvalue weighted by molar-refractivity contribution is 7.80. The van der Waals surface area contributed by atoms with E-state index >= 15 is 0 Å². The highest BCUT2D eigenvalue weighted by Gasteiger charge is 2.41. The molecule has 1 N–H and O–H groups in total. The number of benzene rings is 1. The lowest BCUT2D eigenvalue weighted by Gasteiger charge is -2.29. The summed E-state index contributed by atoms with van der Waals surface area (Å²) in [5.41, 5.74) is 4.79. The Kier molecular flexibility index (Phi) is 7.04. The van der Waals surface area contributed by atoms with Gasteiger partial charge in [0.25, 0.3) is 5.69 Å². The number of ether oxygens (including phenoxy) is 1. The number of aryl methyl sites for hydroxylation is 1. The fraction of sp³-hybridized carbons (Fsp3) is 0.360. The molecule has 1 fully saturated rings. The molecule has 184 valence electrons. The third kappa shape index (κ3) is 4.71. The van der Waals surface area contributed by atoms with Gasteiger partial charge in [0, 0.05) is 36.7 Å². The van der Waals surface area contributed by atoms with Crippen LogP contribution in [0.15, 0.2) is 48.7 Å². The molecule has 1 aliphatic heterocycles. The summed E-state index contributed by atoms with van der Waals surface area (Å²) in [7, 11) is 5.62. The molecule has 0 saturated carbocycles. The van der Waals surface area contributed by atoms with Crippen LogP contribution in [0, 0.1) is 24.0 Å². The number of nitro benzene ring substituents is 1. The fourth-order valence-corrected chi connectivity index (χ4v) is 5.05. The highest BCUT2D eigenvalue weighted by atomic mass is 32.1. The Labute approximate surface area is 210 Å². The van der Waals surface area contributed by atoms with Crippen LogP contribution in [0.2, 0.25) is 0 Å². The van der Waals surface area contributed by atoms with E-state index < -0.39 is 4.92 Å². The van der Waals surface area contributed by atoms with Gasteiger partial charge in [-0.15, -0.1) is 0 Å². The van der Waals surface area contributed by atoms with Gasteiger partial charge in [0.2, 0.25) is 0 Å². The van der Waals surface area contributed by atoms with Crippen molar-refractivity contribution < 1.29 is 9.66 Å². The first kappa shape index (κ1) is 24.6. The topological polar surface area (TPSA) is 88.7 Å². The summed E-state index contributed by atoms with van der Waals surface area (Å²) < 4.78 is 7.63. The van der Waals surface area contributed by atoms with Crippen LogP contribution < -0.4 is 10.1 Å². The van der Waals surface area contributed by atoms with Crippen molar-refractivity contribution >= 4 is 23.0 Å². The number of methoxy groups -OCH3 is 1. The average molecular weight is 495 g/mol. The minimum atomic E-state index is -0.418. The van der Waals surface area contributed by atoms with Crippen LogP contribution in [0.4, 0.5) is 5.69 Å². The van der Waals surface area contributed by atoms with Crippen molar-refractivity contribution in [2.45, 2.75) is 25.9 Å². The molecule has 1 aliphatic rings. The minimum absolute atomic E-state index is 0.0105. The van der Waals surface area contributed by atoms with Crippen molar-refractivity contribution in [3.63, 3.8) is 0 Å². The number of thiocarbonyl (C=S) groups is 1. The van der Waals surface area contributed by atoms with Gasteiger partial charge in [0.15, 0.2) is 5.11 Å². The number of aromatic nitrogens is 2. The van der Waals surface area contributed by atoms with E-state index in [1.165, 1.54) is 19.2 Å². The Hall–Kier alpha value is -3.50. The highest BCUT2D eigenvalue weighted by Crippen LogP contribution is 2.42. The van der Waals surface area contributed by atoms with Crippen molar-refractivity contribution in [2.75, 3.05) is 34.3 Å². The van der Waals surface area contributed by atoms with E-state index in [-0.39, 0.29) is 17.8 Å². The maximum absolute atomic E-state index is 11.3. The van der Waals surface area contributed by atoms with E-state index in [9.17, 15) is 10.1 Å². The number of hydrogen-bond donors (Lipinski definition) is 1. The van der Waals surface area contributed by atoms with Crippen molar-refractivity contribution in [2.24, 2.45) is 0 Å². The Morgan fingerprint density at radius 1 is 1.23 bits per heavy atom. The zero-order valence-corrected chi connectivity index (χ0v) is 21.4. The standard InChI is InChI=1S/C25H30N6O3S/c1-16-14-19(17(2)30(16)21-10-9-18(31(32)33)15-22(21)34-5)24-23(20-8-6-7-11-26-20)27-25(35)29(24)13-12-28(3)4/h6-11,14-15,23-24H,12-13H2,1-5H3,(H,27,35). The summed E-state index contributed by atoms with van der Waals surface area (Å²) in [6.45, 7) is 5.70. The number of likely N-dealkylation sites (N-methyl/N-ethyl adjacent to an activating group) is 1. The van der Waals surface area contributed by atoms with E-state index in [0.29, 0.717) is 10.9 Å². The van der Waals surface area contributed by atoms with Crippen LogP contribution in [-0.4, -0.2) is 63.7 Å². The molecule has 0 aliphatic carbocycles. The summed E-state index contributed by atoms with van der Waals surface area (Å²) in [4.78, 5) is 19.9. The predicted molar refractivity (Wildman–Crippen MR) is 139 cm³/mol. The van der Waals surface area contributed by atoms with Crippen molar-refractivity contribution in [3.8, 4) is 11.4 Å². The number of rotatable bonds is 8. The monoisotopic (exact) mass is 494 g/mol. The average Bonchev–Trinajstić information content (AvgIpc) is 3.32. The second kappa shape index (κ2) is 10.0. The molecule has 2 unspecified atom stereocenters. The van der Waals surface area contributed by atoms with Gasteiger partial charge >= 0.3 is 0 Å². The van der Waals surface area contributed by atoms with Crippen LogP contribution in [0.1, 0.15) is 34.7 Å². The van der Waals surface area contributed by atoms with E-state index in [4.69, 9.17) is 17.0 Å². The Morgan fingerprint density at radius 2 is 2.00 bits per heavy atom. The van der Waals surface area contributed by atoms with Crippen LogP contribution >= 0.6 is 12.2 Å². The van der Waals surface area contributed by atoms with Crippen LogP contribution in [-0.2, 0) is 0 Å². The fourth-order valence-electron chi connectivity index (χ4n) is 4.71. The zero-order chi connectivity index (χ0) is 25.3. The minimum Gasteiger partial charge on any atom is -0.494 e. The molecular weight excluding hydrogens is 464 g/mol. The lowest BCUT2D eigenvalue weighted by molar-refractivity contribution is -0.384. The molecule has 2 atom stereocenters. The predicted octanol–water partition coefficient (Wildman–Crippen LogP) is 3.94. The lowest BCUT2D eigenvalue weighted by Crippen LogP contribution is -2.35. The first-order valence-electron chi connectivity index (χ1n) is 11.4. The maximum atomic E-state index is 11.3. The molecule has 0 spiro atoms. The first-order valence-corrected chi connectivity index (χ1v) is 11.8. The molecule has 2 aromatic heterocycles. The third-order valence-corrected chi connectivity index (χ3v) is 6.74. The molecule has 3 aromatic rings. The van der Waals surface area contributed by atoms with E-state index in [2.05, 4.69) is 37.7 Å². The van der Waals surface area contributed by atoms with Gasteiger partial charge in [-0.05, 0) is 70.0 Å². The molecule has 0 radical (unpaired) electrons. The smallest absolute Gasteiger partial charge is 0.273 e. The van der Waals surface area contributed by atoms with E-state index in [1.807, 2.05) is 39.2 Å². The van der Waals surface area contributed by atoms with Gasteiger partial charge in [-0.25, -0.2) is 0 Å². The van der Waals surface area contributed by atoms with E-state index in [0.717, 1.165) is 41.4 Å². The van der Waals surface area contributed by atoms with E-state index in [1.54, 1.807) is 12.3 Å². The Bertz CT molecular complexity index is 1240. The molecule has 1 saturated heterocycles. The van der Waals surface area contributed by atoms with Crippen LogP contribution in [0.3, 0.4) is 0 Å². The maximum Gasteiger partial charge on any atom is 0.273 e. The van der Waals surface area contributed by atoms with Crippen LogP contribution in [0.5, 0.6) is 5.75 Å². The quantitative estimate of drug-likeness (QED) is 0.286. The van der Waals surface area contributed by atoms with Gasteiger partial charge in [-0.3, -0.25) is 15.1 Å². The van der Waals surface area contributed by atoms with Gasteiger partial charge in [-0.2, -0.15) is 0 Å². The van der Waals surface area contributed by atoms with Gasteiger partial charge in [-0.1, -0.05) is 6.07 Å². The molecule has 10 heteroatoms. The number of nitrogens with zero attached hydrogens (tertiary/aromatic N) is 5. The number of nitrogens with one attached hydrogen (secondary N) is 1. The number of nitro groups is 1. The number of hydrogen-bond acceptors (Lipinski definition) is 6. The SMILES string of the molecule is COc1cc([N+](=O)[O-])ccc1-n1c(C)cc(C2C(c3ccccn3)NC(=S)N2CCN(C)C)c1C. The van der Waals surface area contributed by atoms with Crippen LogP contribution in [0.25, 0.3) is 5.69 Å². The molecule has 9 nitrogen and oxygen atoms in total. The zero-order valence-electron chi connectivity index (χ0n) is 20.6. The van der Waals surface area contributed by atoms with Crippen molar-refractivity contribution in [1.82, 2.24) is 24.7 Å². The van der Waals surface area contributed by atoms with Crippen molar-refractivity contribution in [3.05, 3.63) is 81.4 Å². The van der Waals surface area contributed by atoms with Gasteiger partial charge in [0.1, 0.15) is 5.75 Å². The molecule has 0 amide bonds. The molecule has 1 aromatic carbocycles. The second-order valence-electron chi connectivity index (χ2n) is 8.90. The van der Waals surface area contributed by atoms with Gasteiger partial charge < -0.3 is 24.4 Å². The summed E-state index contributed by atoms with van der Waals surface area (Å²) >= 11 is 5.78. The summed E-state index contributed by atoms with van der Waals surface area (Å²) in [5, 5.41) is 15.5. The molecule has 35 heavy (non-hydrogen) atoms. The van der Waals surface area contributed by atoms with Crippen molar-refractivity contribution in [1.29, 1.82) is 0 Å². The second-order valence-corrected chi connectivity index (χ2v) is 9.29. The van der Waals surface area contributed by atoms with Gasteiger partial charge in [0.05, 0.1) is 41.6 Å². The first-order chi connectivity index (χ1) is 16.7. The molecule has 3 heterocycles. The number of pyridine rings is 1. The summed E-state index contributed by atoms with van der Waals surface area (Å²) in [5.74, 6) is 0.443. The molecule has 4 rings (SSSR count). The Morgan fingerprint density at radius 3 is 2.63 bits per heavy atom.